The molecule has 8 aromatic carbocycles. The number of hydrogen-bond acceptors (Lipinski definition) is 4. The molecule has 244 valence electrons. The Morgan fingerprint density at radius 2 is 0.923 bits per heavy atom. The lowest BCUT2D eigenvalue weighted by atomic mass is 9.99. The van der Waals surface area contributed by atoms with Crippen molar-refractivity contribution in [1.82, 2.24) is 0 Å². The van der Waals surface area contributed by atoms with Gasteiger partial charge >= 0.3 is 0 Å². The maximum atomic E-state index is 6.80. The normalized spacial score (nSPS) is 11.8. The van der Waals surface area contributed by atoms with Crippen molar-refractivity contribution >= 4 is 102 Å². The smallest absolute Gasteiger partial charge is 0.155 e. The van der Waals surface area contributed by atoms with Gasteiger partial charge in [-0.15, -0.1) is 22.7 Å². The summed E-state index contributed by atoms with van der Waals surface area (Å²) in [6, 6.07) is 63.6. The van der Waals surface area contributed by atoms with E-state index in [1.807, 2.05) is 22.7 Å². The Hall–Kier alpha value is -6.20. The third-order valence-electron chi connectivity index (χ3n) is 10.3. The average Bonchev–Trinajstić information content (AvgIpc) is 3.91. The predicted molar refractivity (Wildman–Crippen MR) is 225 cm³/mol. The van der Waals surface area contributed by atoms with Crippen LogP contribution in [0.5, 0.6) is 0 Å². The molecule has 0 saturated carbocycles. The van der Waals surface area contributed by atoms with E-state index in [9.17, 15) is 0 Å². The highest BCUT2D eigenvalue weighted by Crippen LogP contribution is 2.51. The molecule has 0 bridgehead atoms. The van der Waals surface area contributed by atoms with Crippen LogP contribution in [0.1, 0.15) is 0 Å². The number of furan rings is 1. The molecule has 3 heterocycles. The molecule has 3 aromatic heterocycles. The zero-order valence-electron chi connectivity index (χ0n) is 27.9. The Labute approximate surface area is 308 Å². The summed E-state index contributed by atoms with van der Waals surface area (Å²) >= 11 is 3.67. The third kappa shape index (κ3) is 4.55. The van der Waals surface area contributed by atoms with Crippen LogP contribution in [0.3, 0.4) is 0 Å². The molecule has 52 heavy (non-hydrogen) atoms. The van der Waals surface area contributed by atoms with Crippen LogP contribution in [-0.2, 0) is 0 Å². The molecular formula is C48H29NOS2. The maximum Gasteiger partial charge on any atom is 0.155 e. The summed E-state index contributed by atoms with van der Waals surface area (Å²) in [5, 5.41) is 7.28. The molecule has 11 aromatic rings. The van der Waals surface area contributed by atoms with Gasteiger partial charge in [0.2, 0.25) is 0 Å². The number of nitrogens with zero attached hydrogens (tertiary/aromatic N) is 1. The minimum absolute atomic E-state index is 0.901. The van der Waals surface area contributed by atoms with Crippen molar-refractivity contribution in [2.24, 2.45) is 0 Å². The van der Waals surface area contributed by atoms with Crippen LogP contribution < -0.4 is 4.90 Å². The number of rotatable bonds is 5. The van der Waals surface area contributed by atoms with Gasteiger partial charge in [-0.05, 0) is 64.7 Å². The van der Waals surface area contributed by atoms with Crippen LogP contribution in [0.2, 0.25) is 0 Å². The van der Waals surface area contributed by atoms with E-state index in [0.717, 1.165) is 39.0 Å². The molecule has 0 aliphatic rings. The van der Waals surface area contributed by atoms with E-state index in [0.29, 0.717) is 0 Å². The van der Waals surface area contributed by atoms with Crippen molar-refractivity contribution in [3.63, 3.8) is 0 Å². The molecule has 2 nitrogen and oxygen atoms in total. The highest BCUT2D eigenvalue weighted by atomic mass is 32.1. The SMILES string of the molecule is c1ccc(-c2ccc(-c3ccc(N(c4cccc5c4sc4ccccc45)c4cc5c6ccccc6sc5c5oc6ccccc6c45)cc3)cc2)cc1. The molecule has 4 heteroatoms. The van der Waals surface area contributed by atoms with Crippen LogP contribution in [-0.4, -0.2) is 0 Å². The van der Waals surface area contributed by atoms with E-state index in [1.54, 1.807) is 0 Å². The van der Waals surface area contributed by atoms with Gasteiger partial charge < -0.3 is 9.32 Å². The van der Waals surface area contributed by atoms with Crippen molar-refractivity contribution < 1.29 is 4.42 Å². The van der Waals surface area contributed by atoms with Gasteiger partial charge in [0.1, 0.15) is 5.58 Å². The van der Waals surface area contributed by atoms with Crippen molar-refractivity contribution in [1.29, 1.82) is 0 Å². The zero-order valence-corrected chi connectivity index (χ0v) is 29.5. The summed E-state index contributed by atoms with van der Waals surface area (Å²) in [6.45, 7) is 0. The summed E-state index contributed by atoms with van der Waals surface area (Å²) < 4.78 is 11.8. The Morgan fingerprint density at radius 3 is 1.63 bits per heavy atom. The van der Waals surface area contributed by atoms with Crippen LogP contribution in [0, 0.1) is 0 Å². The standard InChI is InChI=1S/C48H29NOS2/c1-2-11-30(12-3-1)31-21-23-32(24-22-31)33-25-27-34(28-26-33)49(40-17-10-16-37-35-13-5-8-19-43(35)51-47(37)40)41-29-39-36-14-6-9-20-44(36)52-48(39)46-45(41)38-15-4-7-18-42(38)50-46/h1-29H. The lowest BCUT2D eigenvalue weighted by Gasteiger charge is -2.27. The Balaban J connectivity index is 1.17. The number of fused-ring (bicyclic) bond motifs is 10. The van der Waals surface area contributed by atoms with Crippen molar-refractivity contribution in [3.05, 3.63) is 176 Å². The lowest BCUT2D eigenvalue weighted by molar-refractivity contribution is 0.673. The fraction of sp³-hybridized carbons (Fsp3) is 0. The molecule has 0 aliphatic carbocycles. The molecule has 0 radical (unpaired) electrons. The third-order valence-corrected chi connectivity index (χ3v) is 12.7. The summed E-state index contributed by atoms with van der Waals surface area (Å²) in [5.41, 5.74) is 10.0. The van der Waals surface area contributed by atoms with Crippen molar-refractivity contribution in [2.75, 3.05) is 4.90 Å². The van der Waals surface area contributed by atoms with Gasteiger partial charge in [0.25, 0.3) is 0 Å². The molecule has 0 saturated heterocycles. The number of anilines is 3. The lowest BCUT2D eigenvalue weighted by Crippen LogP contribution is -2.10. The fourth-order valence-electron chi connectivity index (χ4n) is 7.83. The van der Waals surface area contributed by atoms with Gasteiger partial charge in [0.15, 0.2) is 5.58 Å². The molecule has 11 rings (SSSR count). The highest BCUT2D eigenvalue weighted by molar-refractivity contribution is 7.27. The quantitative estimate of drug-likeness (QED) is 0.178. The predicted octanol–water partition coefficient (Wildman–Crippen LogP) is 15.1. The Morgan fingerprint density at radius 1 is 0.385 bits per heavy atom. The molecule has 0 atom stereocenters. The van der Waals surface area contributed by atoms with Gasteiger partial charge in [0.05, 0.1) is 26.2 Å². The first kappa shape index (κ1) is 29.5. The zero-order chi connectivity index (χ0) is 34.2. The van der Waals surface area contributed by atoms with Crippen LogP contribution in [0.25, 0.3) is 84.5 Å². The van der Waals surface area contributed by atoms with Crippen molar-refractivity contribution in [2.45, 2.75) is 0 Å². The van der Waals surface area contributed by atoms with Crippen LogP contribution in [0.4, 0.5) is 17.1 Å². The number of hydrogen-bond donors (Lipinski definition) is 0. The first-order chi connectivity index (χ1) is 25.8. The second-order valence-electron chi connectivity index (χ2n) is 13.3. The topological polar surface area (TPSA) is 16.4 Å². The number of benzene rings is 8. The summed E-state index contributed by atoms with van der Waals surface area (Å²) in [7, 11) is 0. The van der Waals surface area contributed by atoms with Crippen LogP contribution >= 0.6 is 22.7 Å². The van der Waals surface area contributed by atoms with Crippen LogP contribution in [0.15, 0.2) is 180 Å². The highest BCUT2D eigenvalue weighted by Gasteiger charge is 2.25. The molecule has 0 fully saturated rings. The maximum absolute atomic E-state index is 6.80. The summed E-state index contributed by atoms with van der Waals surface area (Å²) in [5.74, 6) is 0. The minimum Gasteiger partial charge on any atom is -0.454 e. The number of para-hydroxylation sites is 1. The van der Waals surface area contributed by atoms with E-state index in [1.165, 1.54) is 62.6 Å². The Bertz CT molecular complexity index is 3110. The van der Waals surface area contributed by atoms with Gasteiger partial charge in [-0.2, -0.15) is 0 Å². The molecule has 0 amide bonds. The first-order valence-corrected chi connectivity index (χ1v) is 19.1. The van der Waals surface area contributed by atoms with E-state index in [-0.39, 0.29) is 0 Å². The minimum atomic E-state index is 0.901. The molecule has 0 unspecified atom stereocenters. The van der Waals surface area contributed by atoms with Gasteiger partial charge in [-0.25, -0.2) is 0 Å². The van der Waals surface area contributed by atoms with E-state index in [4.69, 9.17) is 4.42 Å². The largest absolute Gasteiger partial charge is 0.454 e. The van der Waals surface area contributed by atoms with Gasteiger partial charge in [0, 0.05) is 42.0 Å². The molecule has 0 N–H and O–H groups in total. The first-order valence-electron chi connectivity index (χ1n) is 17.5. The summed E-state index contributed by atoms with van der Waals surface area (Å²) in [4.78, 5) is 2.47. The fourth-order valence-corrected chi connectivity index (χ4v) is 10.2. The van der Waals surface area contributed by atoms with Gasteiger partial charge in [-0.3, -0.25) is 0 Å². The second-order valence-corrected chi connectivity index (χ2v) is 15.4. The monoisotopic (exact) mass is 699 g/mol. The number of thiophene rings is 2. The Kier molecular flexibility index (Phi) is 6.63. The van der Waals surface area contributed by atoms with E-state index >= 15 is 0 Å². The molecular weight excluding hydrogens is 671 g/mol. The molecule has 0 aliphatic heterocycles. The van der Waals surface area contributed by atoms with Crippen molar-refractivity contribution in [3.8, 4) is 22.3 Å². The average molecular weight is 700 g/mol. The van der Waals surface area contributed by atoms with Gasteiger partial charge in [-0.1, -0.05) is 133 Å². The second kappa shape index (κ2) is 11.7. The summed E-state index contributed by atoms with van der Waals surface area (Å²) in [6.07, 6.45) is 0. The van der Waals surface area contributed by atoms with E-state index in [2.05, 4.69) is 181 Å². The molecule has 0 spiro atoms. The van der Waals surface area contributed by atoms with E-state index < -0.39 is 0 Å².